The van der Waals surface area contributed by atoms with Crippen LogP contribution in [0.2, 0.25) is 0 Å². The molecule has 3 aromatic rings. The normalized spacial score (nSPS) is 12.8. The van der Waals surface area contributed by atoms with E-state index in [-0.39, 0.29) is 0 Å². The Morgan fingerprint density at radius 1 is 0.636 bits per heavy atom. The first kappa shape index (κ1) is 24.5. The molecule has 2 unspecified atom stereocenters. The van der Waals surface area contributed by atoms with Gasteiger partial charge in [0.05, 0.1) is 11.4 Å². The maximum atomic E-state index is 3.73. The Morgan fingerprint density at radius 2 is 1.21 bits per heavy atom. The van der Waals surface area contributed by atoms with Crippen LogP contribution < -0.4 is 20.9 Å². The fourth-order valence-corrected chi connectivity index (χ4v) is 3.73. The van der Waals surface area contributed by atoms with Crippen molar-refractivity contribution >= 4 is 34.1 Å². The zero-order chi connectivity index (χ0) is 23.8. The average molecular weight is 445 g/mol. The van der Waals surface area contributed by atoms with E-state index in [4.69, 9.17) is 0 Å². The van der Waals surface area contributed by atoms with E-state index in [1.54, 1.807) is 0 Å². The number of para-hydroxylation sites is 1. The standard InChI is InChI=1S/C29H40N4/c1-7-22(5)31-25-16-19-28(32-23(6)8-2)29(20-25)33(26-12-10-9-11-13-26)27-17-14-24(15-18-27)30-21(3)4/h9-23,30-32H,7-8H2,1-6H3. The summed E-state index contributed by atoms with van der Waals surface area (Å²) in [6.07, 6.45) is 2.14. The zero-order valence-electron chi connectivity index (χ0n) is 21.0. The van der Waals surface area contributed by atoms with Crippen LogP contribution in [0.5, 0.6) is 0 Å². The Balaban J connectivity index is 2.12. The second kappa shape index (κ2) is 11.6. The van der Waals surface area contributed by atoms with Crippen molar-refractivity contribution < 1.29 is 0 Å². The van der Waals surface area contributed by atoms with Crippen molar-refractivity contribution in [2.24, 2.45) is 0 Å². The van der Waals surface area contributed by atoms with Gasteiger partial charge in [0.25, 0.3) is 0 Å². The Morgan fingerprint density at radius 3 is 1.82 bits per heavy atom. The van der Waals surface area contributed by atoms with Crippen molar-refractivity contribution in [2.75, 3.05) is 20.9 Å². The molecule has 33 heavy (non-hydrogen) atoms. The van der Waals surface area contributed by atoms with E-state index < -0.39 is 0 Å². The van der Waals surface area contributed by atoms with Crippen molar-refractivity contribution in [3.63, 3.8) is 0 Å². The molecule has 3 aromatic carbocycles. The molecule has 0 saturated heterocycles. The monoisotopic (exact) mass is 444 g/mol. The molecule has 3 rings (SSSR count). The maximum Gasteiger partial charge on any atom is 0.0713 e. The predicted octanol–water partition coefficient (Wildman–Crippen LogP) is 8.40. The van der Waals surface area contributed by atoms with Crippen LogP contribution in [0.3, 0.4) is 0 Å². The molecule has 0 saturated carbocycles. The van der Waals surface area contributed by atoms with Gasteiger partial charge >= 0.3 is 0 Å². The highest BCUT2D eigenvalue weighted by Gasteiger charge is 2.18. The van der Waals surface area contributed by atoms with Gasteiger partial charge in [-0.3, -0.25) is 0 Å². The first-order valence-corrected chi connectivity index (χ1v) is 12.3. The van der Waals surface area contributed by atoms with Crippen molar-refractivity contribution in [3.8, 4) is 0 Å². The number of nitrogens with zero attached hydrogens (tertiary/aromatic N) is 1. The van der Waals surface area contributed by atoms with Crippen LogP contribution in [-0.2, 0) is 0 Å². The third-order valence-electron chi connectivity index (χ3n) is 5.87. The summed E-state index contributed by atoms with van der Waals surface area (Å²) >= 11 is 0. The van der Waals surface area contributed by atoms with Crippen molar-refractivity contribution in [1.29, 1.82) is 0 Å². The molecule has 2 atom stereocenters. The average Bonchev–Trinajstić information content (AvgIpc) is 2.82. The highest BCUT2D eigenvalue weighted by atomic mass is 15.2. The van der Waals surface area contributed by atoms with E-state index in [0.717, 1.165) is 47.0 Å². The largest absolute Gasteiger partial charge is 0.383 e. The van der Waals surface area contributed by atoms with Gasteiger partial charge < -0.3 is 20.9 Å². The molecule has 4 nitrogen and oxygen atoms in total. The van der Waals surface area contributed by atoms with Crippen LogP contribution in [0.4, 0.5) is 34.1 Å². The summed E-state index contributed by atoms with van der Waals surface area (Å²) in [7, 11) is 0. The van der Waals surface area contributed by atoms with Gasteiger partial charge in [0.2, 0.25) is 0 Å². The molecule has 0 amide bonds. The van der Waals surface area contributed by atoms with Crippen LogP contribution in [-0.4, -0.2) is 18.1 Å². The molecule has 0 bridgehead atoms. The molecule has 4 heteroatoms. The molecular formula is C29H40N4. The smallest absolute Gasteiger partial charge is 0.0713 e. The highest BCUT2D eigenvalue weighted by Crippen LogP contribution is 2.41. The molecule has 3 N–H and O–H groups in total. The van der Waals surface area contributed by atoms with Crippen LogP contribution in [0.25, 0.3) is 0 Å². The molecule has 0 spiro atoms. The van der Waals surface area contributed by atoms with Gasteiger partial charge in [0.15, 0.2) is 0 Å². The summed E-state index contributed by atoms with van der Waals surface area (Å²) in [4.78, 5) is 2.34. The fraction of sp³-hybridized carbons (Fsp3) is 0.379. The van der Waals surface area contributed by atoms with Crippen LogP contribution in [0, 0.1) is 0 Å². The van der Waals surface area contributed by atoms with Gasteiger partial charge in [-0.05, 0) is 95.1 Å². The second-order valence-corrected chi connectivity index (χ2v) is 9.16. The number of anilines is 6. The first-order valence-electron chi connectivity index (χ1n) is 12.3. The van der Waals surface area contributed by atoms with E-state index in [1.165, 1.54) is 0 Å². The van der Waals surface area contributed by atoms with Crippen LogP contribution >= 0.6 is 0 Å². The molecular weight excluding hydrogens is 404 g/mol. The Labute approximate surface area is 200 Å². The third kappa shape index (κ3) is 6.67. The van der Waals surface area contributed by atoms with E-state index in [9.17, 15) is 0 Å². The van der Waals surface area contributed by atoms with Gasteiger partial charge in [-0.1, -0.05) is 32.0 Å². The summed E-state index contributed by atoms with van der Waals surface area (Å²) in [5.74, 6) is 0. The van der Waals surface area contributed by atoms with Crippen LogP contribution in [0.1, 0.15) is 54.4 Å². The second-order valence-electron chi connectivity index (χ2n) is 9.16. The number of nitrogens with one attached hydrogen (secondary N) is 3. The molecule has 0 aliphatic heterocycles. The molecule has 0 aliphatic rings. The van der Waals surface area contributed by atoms with E-state index in [2.05, 4.69) is 135 Å². The Kier molecular flexibility index (Phi) is 8.65. The minimum absolute atomic E-state index is 0.382. The van der Waals surface area contributed by atoms with E-state index in [0.29, 0.717) is 18.1 Å². The van der Waals surface area contributed by atoms with E-state index in [1.807, 2.05) is 0 Å². The number of benzene rings is 3. The predicted molar refractivity (Wildman–Crippen MR) is 147 cm³/mol. The highest BCUT2D eigenvalue weighted by molar-refractivity contribution is 5.87. The first-order chi connectivity index (χ1) is 15.9. The topological polar surface area (TPSA) is 39.3 Å². The molecule has 176 valence electrons. The lowest BCUT2D eigenvalue weighted by atomic mass is 10.1. The molecule has 0 heterocycles. The van der Waals surface area contributed by atoms with Crippen molar-refractivity contribution in [1.82, 2.24) is 0 Å². The van der Waals surface area contributed by atoms with Crippen molar-refractivity contribution in [2.45, 2.75) is 72.5 Å². The molecule has 0 radical (unpaired) electrons. The van der Waals surface area contributed by atoms with Gasteiger partial charge in [0, 0.05) is 40.9 Å². The molecule has 0 aliphatic carbocycles. The third-order valence-corrected chi connectivity index (χ3v) is 5.87. The number of hydrogen-bond acceptors (Lipinski definition) is 4. The summed E-state index contributed by atoms with van der Waals surface area (Å²) in [5, 5.41) is 10.9. The quantitative estimate of drug-likeness (QED) is 0.278. The number of hydrogen-bond donors (Lipinski definition) is 3. The van der Waals surface area contributed by atoms with Gasteiger partial charge in [-0.2, -0.15) is 0 Å². The number of rotatable bonds is 11. The Hall–Kier alpha value is -3.14. The summed E-state index contributed by atoms with van der Waals surface area (Å²) < 4.78 is 0. The van der Waals surface area contributed by atoms with Gasteiger partial charge in [-0.15, -0.1) is 0 Å². The summed E-state index contributed by atoms with van der Waals surface area (Å²) in [6, 6.07) is 27.2. The molecule has 0 fully saturated rings. The SMILES string of the molecule is CCC(C)Nc1ccc(NC(C)CC)c(N(c2ccccc2)c2ccc(NC(C)C)cc2)c1. The lowest BCUT2D eigenvalue weighted by molar-refractivity contribution is 0.761. The maximum absolute atomic E-state index is 3.73. The minimum Gasteiger partial charge on any atom is -0.383 e. The summed E-state index contributed by atoms with van der Waals surface area (Å²) in [5.41, 5.74) is 6.80. The van der Waals surface area contributed by atoms with E-state index >= 15 is 0 Å². The summed E-state index contributed by atoms with van der Waals surface area (Å²) in [6.45, 7) is 13.2. The Bertz CT molecular complexity index is 982. The zero-order valence-corrected chi connectivity index (χ0v) is 21.0. The van der Waals surface area contributed by atoms with Crippen LogP contribution in [0.15, 0.2) is 72.8 Å². The van der Waals surface area contributed by atoms with Gasteiger partial charge in [0.1, 0.15) is 0 Å². The lowest BCUT2D eigenvalue weighted by Crippen LogP contribution is -2.19. The lowest BCUT2D eigenvalue weighted by Gasteiger charge is -2.30. The van der Waals surface area contributed by atoms with Crippen molar-refractivity contribution in [3.05, 3.63) is 72.8 Å². The fourth-order valence-electron chi connectivity index (χ4n) is 3.73. The minimum atomic E-state index is 0.382. The molecule has 0 aromatic heterocycles. The van der Waals surface area contributed by atoms with Gasteiger partial charge in [-0.25, -0.2) is 0 Å².